The second-order valence-electron chi connectivity index (χ2n) is 4.30. The molecule has 100 valence electrons. The molecule has 0 saturated heterocycles. The van der Waals surface area contributed by atoms with E-state index < -0.39 is 11.8 Å². The number of allylic oxidation sites excluding steroid dienone is 4. The molecule has 4 heteroatoms. The first-order chi connectivity index (χ1) is 9.65. The molecular formula is C16H14N2O2. The van der Waals surface area contributed by atoms with Crippen LogP contribution in [0.2, 0.25) is 0 Å². The number of para-hydroxylation sites is 1. The molecule has 1 unspecified atom stereocenters. The lowest BCUT2D eigenvalue weighted by molar-refractivity contribution is -0.135. The third-order valence-electron chi connectivity index (χ3n) is 2.58. The number of carbonyl (C=O) groups excluding carboxylic acids is 2. The van der Waals surface area contributed by atoms with Crippen LogP contribution in [0.3, 0.4) is 0 Å². The highest BCUT2D eigenvalue weighted by Gasteiger charge is 2.14. The largest absolute Gasteiger partial charge is 0.318 e. The highest BCUT2D eigenvalue weighted by molar-refractivity contribution is 6.40. The van der Waals surface area contributed by atoms with Crippen molar-refractivity contribution in [2.24, 2.45) is 5.92 Å². The van der Waals surface area contributed by atoms with Gasteiger partial charge < -0.3 is 10.6 Å². The first-order valence-corrected chi connectivity index (χ1v) is 6.22. The molecule has 0 heterocycles. The molecule has 1 aliphatic carbocycles. The molecule has 0 spiro atoms. The summed E-state index contributed by atoms with van der Waals surface area (Å²) >= 11 is 0. The first-order valence-electron chi connectivity index (χ1n) is 6.22. The van der Waals surface area contributed by atoms with Gasteiger partial charge in [-0.15, -0.1) is 0 Å². The summed E-state index contributed by atoms with van der Waals surface area (Å²) < 4.78 is 0. The summed E-state index contributed by atoms with van der Waals surface area (Å²) in [6, 6.07) is 8.80. The van der Waals surface area contributed by atoms with Crippen LogP contribution >= 0.6 is 0 Å². The molecule has 0 aromatic heterocycles. The van der Waals surface area contributed by atoms with Crippen molar-refractivity contribution in [3.8, 4) is 11.8 Å². The fourth-order valence-electron chi connectivity index (χ4n) is 1.56. The zero-order valence-electron chi connectivity index (χ0n) is 11.0. The van der Waals surface area contributed by atoms with E-state index in [9.17, 15) is 9.59 Å². The number of benzene rings is 1. The van der Waals surface area contributed by atoms with Gasteiger partial charge >= 0.3 is 11.8 Å². The zero-order valence-corrected chi connectivity index (χ0v) is 11.0. The minimum Gasteiger partial charge on any atom is -0.318 e. The van der Waals surface area contributed by atoms with Crippen LogP contribution < -0.4 is 10.6 Å². The van der Waals surface area contributed by atoms with Crippen molar-refractivity contribution >= 4 is 17.5 Å². The Morgan fingerprint density at radius 3 is 2.55 bits per heavy atom. The Morgan fingerprint density at radius 1 is 1.10 bits per heavy atom. The number of nitrogens with one attached hydrogen (secondary N) is 2. The molecule has 0 fully saturated rings. The van der Waals surface area contributed by atoms with Crippen LogP contribution in [0.4, 0.5) is 5.69 Å². The van der Waals surface area contributed by atoms with Crippen molar-refractivity contribution in [2.45, 2.75) is 6.92 Å². The summed E-state index contributed by atoms with van der Waals surface area (Å²) in [5, 5.41) is 5.00. The number of amides is 2. The van der Waals surface area contributed by atoms with Gasteiger partial charge in [0.05, 0.1) is 5.70 Å². The fourth-order valence-corrected chi connectivity index (χ4v) is 1.56. The smallest absolute Gasteiger partial charge is 0.314 e. The molecule has 1 atom stereocenters. The SMILES string of the molecule is CC1C#CC(NC(=O)C(=O)Nc2ccccc2)=CC=C1. The molecule has 0 bridgehead atoms. The van der Waals surface area contributed by atoms with Gasteiger partial charge in [-0.05, 0) is 31.1 Å². The third-order valence-corrected chi connectivity index (χ3v) is 2.58. The molecule has 0 aliphatic heterocycles. The number of carbonyl (C=O) groups is 2. The van der Waals surface area contributed by atoms with Crippen LogP contribution in [0.5, 0.6) is 0 Å². The maximum absolute atomic E-state index is 11.8. The minimum absolute atomic E-state index is 0.124. The zero-order chi connectivity index (χ0) is 14.4. The van der Waals surface area contributed by atoms with Gasteiger partial charge in [0.15, 0.2) is 0 Å². The molecule has 2 amide bonds. The van der Waals surface area contributed by atoms with Crippen molar-refractivity contribution in [1.29, 1.82) is 0 Å². The van der Waals surface area contributed by atoms with E-state index >= 15 is 0 Å². The summed E-state index contributed by atoms with van der Waals surface area (Å²) in [4.78, 5) is 23.5. The lowest BCUT2D eigenvalue weighted by atomic mass is 10.2. The van der Waals surface area contributed by atoms with Gasteiger partial charge in [0.25, 0.3) is 0 Å². The lowest BCUT2D eigenvalue weighted by Gasteiger charge is -2.05. The van der Waals surface area contributed by atoms with Gasteiger partial charge in [-0.1, -0.05) is 36.3 Å². The summed E-state index contributed by atoms with van der Waals surface area (Å²) in [6.07, 6.45) is 5.38. The first kappa shape index (κ1) is 13.6. The summed E-state index contributed by atoms with van der Waals surface area (Å²) in [6.45, 7) is 1.95. The van der Waals surface area contributed by atoms with E-state index in [4.69, 9.17) is 0 Å². The topological polar surface area (TPSA) is 58.2 Å². The van der Waals surface area contributed by atoms with E-state index in [-0.39, 0.29) is 5.92 Å². The Bertz CT molecular complexity index is 633. The van der Waals surface area contributed by atoms with Crippen molar-refractivity contribution in [2.75, 3.05) is 5.32 Å². The molecule has 0 radical (unpaired) electrons. The Morgan fingerprint density at radius 2 is 1.80 bits per heavy atom. The van der Waals surface area contributed by atoms with Crippen LogP contribution in [0.25, 0.3) is 0 Å². The van der Waals surface area contributed by atoms with Crippen molar-refractivity contribution in [3.05, 3.63) is 54.3 Å². The molecule has 2 rings (SSSR count). The van der Waals surface area contributed by atoms with Gasteiger partial charge in [0.2, 0.25) is 0 Å². The minimum atomic E-state index is -0.739. The quantitative estimate of drug-likeness (QED) is 0.634. The van der Waals surface area contributed by atoms with Crippen LogP contribution in [0.1, 0.15) is 6.92 Å². The van der Waals surface area contributed by atoms with E-state index in [1.54, 1.807) is 36.4 Å². The molecule has 1 aromatic rings. The molecule has 1 aromatic carbocycles. The fraction of sp³-hybridized carbons (Fsp3) is 0.125. The number of anilines is 1. The standard InChI is InChI=1S/C16H14N2O2/c1-12-6-5-9-14(11-10-12)18-16(20)15(19)17-13-7-3-2-4-8-13/h2-9,12H,1H3,(H,17,19)(H,18,20). The van der Waals surface area contributed by atoms with Crippen LogP contribution in [-0.4, -0.2) is 11.8 Å². The van der Waals surface area contributed by atoms with E-state index in [1.165, 1.54) is 0 Å². The summed E-state index contributed by atoms with van der Waals surface area (Å²) in [5.41, 5.74) is 0.987. The molecular weight excluding hydrogens is 252 g/mol. The van der Waals surface area contributed by atoms with Crippen molar-refractivity contribution < 1.29 is 9.59 Å². The molecule has 1 aliphatic rings. The van der Waals surface area contributed by atoms with Gasteiger partial charge in [-0.3, -0.25) is 9.59 Å². The van der Waals surface area contributed by atoms with Gasteiger partial charge in [-0.25, -0.2) is 0 Å². The van der Waals surface area contributed by atoms with Gasteiger partial charge in [-0.2, -0.15) is 0 Å². The Kier molecular flexibility index (Phi) is 4.35. The second kappa shape index (κ2) is 6.39. The van der Waals surface area contributed by atoms with E-state index in [0.717, 1.165) is 0 Å². The van der Waals surface area contributed by atoms with Gasteiger partial charge in [0, 0.05) is 11.6 Å². The Balaban J connectivity index is 1.97. The molecule has 4 nitrogen and oxygen atoms in total. The highest BCUT2D eigenvalue weighted by Crippen LogP contribution is 2.05. The second-order valence-corrected chi connectivity index (χ2v) is 4.30. The van der Waals surface area contributed by atoms with Crippen LogP contribution in [0, 0.1) is 17.8 Å². The normalized spacial score (nSPS) is 16.2. The monoisotopic (exact) mass is 266 g/mol. The molecule has 20 heavy (non-hydrogen) atoms. The Hall–Kier alpha value is -2.80. The average Bonchev–Trinajstić information content (AvgIpc) is 2.65. The van der Waals surface area contributed by atoms with Gasteiger partial charge in [0.1, 0.15) is 0 Å². The maximum atomic E-state index is 11.8. The maximum Gasteiger partial charge on any atom is 0.314 e. The lowest BCUT2D eigenvalue weighted by Crippen LogP contribution is -2.34. The summed E-state index contributed by atoms with van der Waals surface area (Å²) in [5.74, 6) is 4.42. The highest BCUT2D eigenvalue weighted by atomic mass is 16.2. The number of rotatable bonds is 2. The Labute approximate surface area is 117 Å². The number of hydrogen-bond acceptors (Lipinski definition) is 2. The predicted molar refractivity (Wildman–Crippen MR) is 77.4 cm³/mol. The van der Waals surface area contributed by atoms with E-state index in [1.807, 2.05) is 19.1 Å². The number of hydrogen-bond donors (Lipinski definition) is 2. The van der Waals surface area contributed by atoms with Crippen LogP contribution in [0.15, 0.2) is 54.3 Å². The average molecular weight is 266 g/mol. The molecule has 0 saturated carbocycles. The van der Waals surface area contributed by atoms with Crippen LogP contribution in [-0.2, 0) is 9.59 Å². The predicted octanol–water partition coefficient (Wildman–Crippen LogP) is 1.83. The molecule has 2 N–H and O–H groups in total. The summed E-state index contributed by atoms with van der Waals surface area (Å²) in [7, 11) is 0. The van der Waals surface area contributed by atoms with Crippen molar-refractivity contribution in [1.82, 2.24) is 5.32 Å². The van der Waals surface area contributed by atoms with E-state index in [2.05, 4.69) is 22.5 Å². The van der Waals surface area contributed by atoms with Crippen molar-refractivity contribution in [3.63, 3.8) is 0 Å². The third kappa shape index (κ3) is 3.85. The van der Waals surface area contributed by atoms with E-state index in [0.29, 0.717) is 11.4 Å².